The Bertz CT molecular complexity index is 777. The molecule has 0 aliphatic carbocycles. The van der Waals surface area contributed by atoms with Crippen LogP contribution < -0.4 is 5.43 Å². The van der Waals surface area contributed by atoms with E-state index in [1.165, 1.54) is 17.1 Å². The van der Waals surface area contributed by atoms with Crippen molar-refractivity contribution in [3.8, 4) is 5.69 Å². The van der Waals surface area contributed by atoms with Crippen molar-refractivity contribution < 1.29 is 0 Å². The fourth-order valence-electron chi connectivity index (χ4n) is 2.35. The summed E-state index contributed by atoms with van der Waals surface area (Å²) in [6, 6.07) is 12.6. The number of hydrazone groups is 1. The summed E-state index contributed by atoms with van der Waals surface area (Å²) in [4.78, 5) is 4.30. The number of hydrogen-bond donors (Lipinski definition) is 1. The number of nitrogens with zero attached hydrogens (tertiary/aromatic N) is 3. The van der Waals surface area contributed by atoms with Crippen molar-refractivity contribution in [3.63, 3.8) is 0 Å². The van der Waals surface area contributed by atoms with E-state index in [4.69, 9.17) is 0 Å². The van der Waals surface area contributed by atoms with Crippen molar-refractivity contribution in [2.45, 2.75) is 20.8 Å². The molecule has 2 aromatic heterocycles. The lowest BCUT2D eigenvalue weighted by atomic mass is 10.2. The predicted molar refractivity (Wildman–Crippen MR) is 93.3 cm³/mol. The summed E-state index contributed by atoms with van der Waals surface area (Å²) >= 11 is 1.55. The van der Waals surface area contributed by atoms with Crippen LogP contribution in [0.15, 0.2) is 46.9 Å². The molecule has 2 heterocycles. The van der Waals surface area contributed by atoms with Crippen LogP contribution in [0.25, 0.3) is 5.69 Å². The summed E-state index contributed by atoms with van der Waals surface area (Å²) in [6.07, 6.45) is 1.80. The van der Waals surface area contributed by atoms with Gasteiger partial charge in [0.2, 0.25) is 5.13 Å². The minimum absolute atomic E-state index is 0.809. The Morgan fingerprint density at radius 3 is 2.32 bits per heavy atom. The SMILES string of the molecule is Cc1csc(NN=Cc2ccc(-n3c(C)ccc3C)cc2)n1. The molecule has 0 fully saturated rings. The summed E-state index contributed by atoms with van der Waals surface area (Å²) in [6.45, 7) is 6.19. The van der Waals surface area contributed by atoms with Crippen LogP contribution in [0, 0.1) is 20.8 Å². The van der Waals surface area contributed by atoms with Gasteiger partial charge in [0.1, 0.15) is 0 Å². The Morgan fingerprint density at radius 2 is 1.73 bits per heavy atom. The lowest BCUT2D eigenvalue weighted by molar-refractivity contribution is 0.966. The van der Waals surface area contributed by atoms with Gasteiger partial charge in [-0.2, -0.15) is 5.10 Å². The Labute approximate surface area is 134 Å². The Hall–Kier alpha value is -2.40. The molecule has 3 rings (SSSR count). The van der Waals surface area contributed by atoms with Crippen LogP contribution in [0.3, 0.4) is 0 Å². The Balaban J connectivity index is 1.72. The van der Waals surface area contributed by atoms with Crippen molar-refractivity contribution in [3.05, 3.63) is 64.4 Å². The fourth-order valence-corrected chi connectivity index (χ4v) is 2.99. The van der Waals surface area contributed by atoms with E-state index in [2.05, 4.69) is 70.3 Å². The van der Waals surface area contributed by atoms with Crippen molar-refractivity contribution in [2.24, 2.45) is 5.10 Å². The zero-order chi connectivity index (χ0) is 15.5. The molecule has 0 atom stereocenters. The van der Waals surface area contributed by atoms with Gasteiger partial charge in [-0.15, -0.1) is 11.3 Å². The zero-order valence-corrected chi connectivity index (χ0v) is 13.7. The highest BCUT2D eigenvalue weighted by molar-refractivity contribution is 7.13. The molecule has 3 aromatic rings. The number of anilines is 1. The topological polar surface area (TPSA) is 42.2 Å². The van der Waals surface area contributed by atoms with Gasteiger partial charge in [-0.05, 0) is 50.6 Å². The molecule has 0 aliphatic heterocycles. The minimum Gasteiger partial charge on any atom is -0.319 e. The van der Waals surface area contributed by atoms with E-state index < -0.39 is 0 Å². The number of aryl methyl sites for hydroxylation is 3. The molecule has 0 aliphatic rings. The number of benzene rings is 1. The molecular formula is C17H18N4S. The second-order valence-electron chi connectivity index (χ2n) is 5.21. The third-order valence-electron chi connectivity index (χ3n) is 3.42. The highest BCUT2D eigenvalue weighted by Crippen LogP contribution is 2.17. The van der Waals surface area contributed by atoms with Crippen LogP contribution in [-0.2, 0) is 0 Å². The van der Waals surface area contributed by atoms with Crippen molar-refractivity contribution >= 4 is 22.7 Å². The quantitative estimate of drug-likeness (QED) is 0.576. The average Bonchev–Trinajstić information content (AvgIpc) is 3.06. The molecule has 0 bridgehead atoms. The van der Waals surface area contributed by atoms with E-state index in [9.17, 15) is 0 Å². The standard InChI is InChI=1S/C17H18N4S/c1-12-11-22-17(19-12)20-18-10-15-6-8-16(9-7-15)21-13(2)4-5-14(21)3/h4-11H,1-3H3,(H,19,20). The van der Waals surface area contributed by atoms with E-state index in [-0.39, 0.29) is 0 Å². The van der Waals surface area contributed by atoms with Crippen LogP contribution in [-0.4, -0.2) is 15.8 Å². The van der Waals surface area contributed by atoms with Crippen LogP contribution in [0.4, 0.5) is 5.13 Å². The molecule has 0 saturated carbocycles. The molecule has 0 radical (unpaired) electrons. The normalized spacial score (nSPS) is 11.2. The average molecular weight is 310 g/mol. The van der Waals surface area contributed by atoms with Crippen LogP contribution in [0.5, 0.6) is 0 Å². The van der Waals surface area contributed by atoms with Gasteiger partial charge in [0.05, 0.1) is 11.9 Å². The number of rotatable bonds is 4. The highest BCUT2D eigenvalue weighted by atomic mass is 32.1. The van der Waals surface area contributed by atoms with E-state index in [0.717, 1.165) is 16.4 Å². The van der Waals surface area contributed by atoms with Gasteiger partial charge in [-0.25, -0.2) is 4.98 Å². The lowest BCUT2D eigenvalue weighted by Gasteiger charge is -2.09. The maximum atomic E-state index is 4.30. The minimum atomic E-state index is 0.809. The van der Waals surface area contributed by atoms with Gasteiger partial charge in [0.15, 0.2) is 0 Å². The first-order chi connectivity index (χ1) is 10.6. The summed E-state index contributed by atoms with van der Waals surface area (Å²) in [5.41, 5.74) is 8.64. The van der Waals surface area contributed by atoms with Crippen molar-refractivity contribution in [1.29, 1.82) is 0 Å². The number of aromatic nitrogens is 2. The number of hydrogen-bond acceptors (Lipinski definition) is 4. The second-order valence-corrected chi connectivity index (χ2v) is 6.07. The van der Waals surface area contributed by atoms with Gasteiger partial charge >= 0.3 is 0 Å². The summed E-state index contributed by atoms with van der Waals surface area (Å²) in [5.74, 6) is 0. The maximum absolute atomic E-state index is 4.30. The molecule has 0 amide bonds. The maximum Gasteiger partial charge on any atom is 0.203 e. The van der Waals surface area contributed by atoms with Gasteiger partial charge in [-0.3, -0.25) is 5.43 Å². The van der Waals surface area contributed by atoms with Gasteiger partial charge in [0, 0.05) is 22.5 Å². The molecule has 0 spiro atoms. The van der Waals surface area contributed by atoms with Gasteiger partial charge < -0.3 is 4.57 Å². The molecule has 5 heteroatoms. The molecule has 1 aromatic carbocycles. The molecule has 1 N–H and O–H groups in total. The molecule has 4 nitrogen and oxygen atoms in total. The van der Waals surface area contributed by atoms with Crippen LogP contribution in [0.1, 0.15) is 22.6 Å². The van der Waals surface area contributed by atoms with Crippen molar-refractivity contribution in [2.75, 3.05) is 5.43 Å². The van der Waals surface area contributed by atoms with E-state index in [1.807, 2.05) is 12.3 Å². The molecule has 0 saturated heterocycles. The first kappa shape index (κ1) is 14.5. The van der Waals surface area contributed by atoms with Gasteiger partial charge in [0.25, 0.3) is 0 Å². The monoisotopic (exact) mass is 310 g/mol. The van der Waals surface area contributed by atoms with Crippen LogP contribution >= 0.6 is 11.3 Å². The molecule has 22 heavy (non-hydrogen) atoms. The second kappa shape index (κ2) is 6.15. The summed E-state index contributed by atoms with van der Waals surface area (Å²) in [5, 5.41) is 7.02. The number of thiazole rings is 1. The predicted octanol–water partition coefficient (Wildman–Crippen LogP) is 4.31. The first-order valence-electron chi connectivity index (χ1n) is 7.10. The Morgan fingerprint density at radius 1 is 1.05 bits per heavy atom. The summed E-state index contributed by atoms with van der Waals surface area (Å²) < 4.78 is 2.23. The molecule has 0 unspecified atom stereocenters. The van der Waals surface area contributed by atoms with Crippen molar-refractivity contribution in [1.82, 2.24) is 9.55 Å². The molecular weight excluding hydrogens is 292 g/mol. The highest BCUT2D eigenvalue weighted by Gasteiger charge is 2.03. The lowest BCUT2D eigenvalue weighted by Crippen LogP contribution is -1.98. The first-order valence-corrected chi connectivity index (χ1v) is 7.98. The third-order valence-corrected chi connectivity index (χ3v) is 4.28. The Kier molecular flexibility index (Phi) is 4.06. The van der Waals surface area contributed by atoms with E-state index >= 15 is 0 Å². The van der Waals surface area contributed by atoms with Crippen LogP contribution in [0.2, 0.25) is 0 Å². The van der Waals surface area contributed by atoms with E-state index in [1.54, 1.807) is 17.6 Å². The zero-order valence-electron chi connectivity index (χ0n) is 12.9. The smallest absolute Gasteiger partial charge is 0.203 e. The largest absolute Gasteiger partial charge is 0.319 e. The summed E-state index contributed by atoms with van der Waals surface area (Å²) in [7, 11) is 0. The fraction of sp³-hybridized carbons (Fsp3) is 0.176. The third kappa shape index (κ3) is 3.09. The molecule has 112 valence electrons. The van der Waals surface area contributed by atoms with E-state index in [0.29, 0.717) is 0 Å². The van der Waals surface area contributed by atoms with Gasteiger partial charge in [-0.1, -0.05) is 12.1 Å². The number of nitrogens with one attached hydrogen (secondary N) is 1.